The third kappa shape index (κ3) is 10.7. The molecule has 15 nitrogen and oxygen atoms in total. The Morgan fingerprint density at radius 1 is 0.933 bits per heavy atom. The molecule has 1 aromatic heterocycles. The Balaban J connectivity index is 1.21. The van der Waals surface area contributed by atoms with Crippen molar-refractivity contribution >= 4 is 59.9 Å². The molecule has 1 fully saturated rings. The van der Waals surface area contributed by atoms with Gasteiger partial charge < -0.3 is 24.8 Å². The standard InChI is InChI=1S/C43H53N7O8S2/c1-28-10-11-30(41(51)46-38-22-32(43(2,3)4)23-39(40(38)57-7)48-59(8,52)53)21-36(28)29-12-13-37-31(20-29)27-44-42(47-37)45-33-24-34(56-6)26-35(25-33)60(54,55)49(5)14-9-15-50-16-18-58-19-17-50/h10-13,20-27,48H,9,14-19H2,1-8H3,(H,46,51)(H,44,45,47). The van der Waals surface area contributed by atoms with Gasteiger partial charge >= 0.3 is 0 Å². The number of aromatic nitrogens is 2. The van der Waals surface area contributed by atoms with Crippen LogP contribution in [0.4, 0.5) is 23.0 Å². The lowest BCUT2D eigenvalue weighted by Crippen LogP contribution is -2.38. The number of anilines is 4. The van der Waals surface area contributed by atoms with Crippen molar-refractivity contribution in [3.8, 4) is 22.6 Å². The highest BCUT2D eigenvalue weighted by atomic mass is 32.2. The number of aryl methyl sites for hydroxylation is 1. The Labute approximate surface area is 352 Å². The van der Waals surface area contributed by atoms with Gasteiger partial charge in [0.1, 0.15) is 5.75 Å². The van der Waals surface area contributed by atoms with Gasteiger partial charge in [0.2, 0.25) is 26.0 Å². The van der Waals surface area contributed by atoms with Crippen molar-refractivity contribution in [2.45, 2.75) is 44.4 Å². The van der Waals surface area contributed by atoms with Crippen molar-refractivity contribution < 1.29 is 35.8 Å². The number of amides is 1. The number of hydrogen-bond donors (Lipinski definition) is 3. The number of nitrogens with zero attached hydrogens (tertiary/aromatic N) is 4. The molecule has 60 heavy (non-hydrogen) atoms. The van der Waals surface area contributed by atoms with E-state index in [9.17, 15) is 21.6 Å². The molecule has 1 saturated heterocycles. The van der Waals surface area contributed by atoms with Crippen molar-refractivity contribution in [1.82, 2.24) is 19.2 Å². The summed E-state index contributed by atoms with van der Waals surface area (Å²) in [6.45, 7) is 12.1. The SMILES string of the molecule is COc1cc(Nc2ncc3cc(-c4cc(C(=O)Nc5cc(C(C)(C)C)cc(NS(C)(=O)=O)c5OC)ccc4C)ccc3n2)cc(S(=O)(=O)N(C)CCCN2CCOCC2)c1. The third-order valence-corrected chi connectivity index (χ3v) is 12.6. The first-order valence-electron chi connectivity index (χ1n) is 19.5. The highest BCUT2D eigenvalue weighted by molar-refractivity contribution is 7.92. The van der Waals surface area contributed by atoms with Crippen LogP contribution in [0.5, 0.6) is 11.5 Å². The zero-order valence-corrected chi connectivity index (χ0v) is 36.9. The second-order valence-electron chi connectivity index (χ2n) is 15.8. The summed E-state index contributed by atoms with van der Waals surface area (Å²) in [4.78, 5) is 25.4. The van der Waals surface area contributed by atoms with Crippen molar-refractivity contribution in [3.63, 3.8) is 0 Å². The van der Waals surface area contributed by atoms with E-state index in [1.54, 1.807) is 49.6 Å². The van der Waals surface area contributed by atoms with Crippen LogP contribution in [-0.4, -0.2) is 109 Å². The molecule has 1 aliphatic heterocycles. The van der Waals surface area contributed by atoms with Crippen LogP contribution < -0.4 is 24.8 Å². The lowest BCUT2D eigenvalue weighted by atomic mass is 9.86. The van der Waals surface area contributed by atoms with Gasteiger partial charge in [-0.1, -0.05) is 32.9 Å². The summed E-state index contributed by atoms with van der Waals surface area (Å²) in [6, 6.07) is 19.3. The summed E-state index contributed by atoms with van der Waals surface area (Å²) in [7, 11) is -2.99. The molecule has 320 valence electrons. The highest BCUT2D eigenvalue weighted by Gasteiger charge is 2.25. The molecule has 17 heteroatoms. The number of morpholine rings is 1. The minimum Gasteiger partial charge on any atom is -0.497 e. The molecule has 6 rings (SSSR count). The van der Waals surface area contributed by atoms with E-state index < -0.39 is 26.0 Å². The molecule has 0 saturated carbocycles. The molecule has 0 atom stereocenters. The van der Waals surface area contributed by atoms with Gasteiger partial charge in [-0.3, -0.25) is 14.4 Å². The fourth-order valence-corrected chi connectivity index (χ4v) is 8.68. The van der Waals surface area contributed by atoms with Crippen molar-refractivity contribution in [2.75, 3.05) is 82.3 Å². The quantitative estimate of drug-likeness (QED) is 0.102. The van der Waals surface area contributed by atoms with Gasteiger partial charge in [0.25, 0.3) is 5.91 Å². The van der Waals surface area contributed by atoms with Crippen LogP contribution in [0.3, 0.4) is 0 Å². The number of hydrogen-bond acceptors (Lipinski definition) is 12. The zero-order valence-electron chi connectivity index (χ0n) is 35.2. The molecule has 1 amide bonds. The van der Waals surface area contributed by atoms with Crippen LogP contribution in [0.2, 0.25) is 0 Å². The maximum absolute atomic E-state index is 13.8. The summed E-state index contributed by atoms with van der Waals surface area (Å²) < 4.78 is 72.0. The van der Waals surface area contributed by atoms with Crippen LogP contribution in [0.15, 0.2) is 77.8 Å². The number of methoxy groups -OCH3 is 2. The summed E-state index contributed by atoms with van der Waals surface area (Å²) >= 11 is 0. The van der Waals surface area contributed by atoms with E-state index in [0.717, 1.165) is 53.5 Å². The second kappa shape index (κ2) is 18.1. The van der Waals surface area contributed by atoms with E-state index in [1.165, 1.54) is 24.6 Å². The Bertz CT molecular complexity index is 2610. The largest absolute Gasteiger partial charge is 0.497 e. The van der Waals surface area contributed by atoms with Crippen LogP contribution in [-0.2, 0) is 30.2 Å². The predicted molar refractivity (Wildman–Crippen MR) is 236 cm³/mol. The topological polar surface area (TPSA) is 181 Å². The minimum absolute atomic E-state index is 0.0844. The molecular formula is C43H53N7O8S2. The van der Waals surface area contributed by atoms with Crippen molar-refractivity contribution in [2.24, 2.45) is 0 Å². The number of fused-ring (bicyclic) bond motifs is 1. The van der Waals surface area contributed by atoms with Crippen LogP contribution in [0, 0.1) is 6.92 Å². The van der Waals surface area contributed by atoms with Gasteiger partial charge in [-0.15, -0.1) is 0 Å². The molecule has 4 aromatic carbocycles. The molecule has 2 heterocycles. The fourth-order valence-electron chi connectivity index (χ4n) is 6.86. The average Bonchev–Trinajstić information content (AvgIpc) is 3.20. The van der Waals surface area contributed by atoms with E-state index in [2.05, 4.69) is 25.2 Å². The van der Waals surface area contributed by atoms with Gasteiger partial charge in [-0.05, 0) is 90.0 Å². The first-order valence-corrected chi connectivity index (χ1v) is 22.8. The summed E-state index contributed by atoms with van der Waals surface area (Å²) in [5.41, 5.74) is 5.03. The summed E-state index contributed by atoms with van der Waals surface area (Å²) in [6.07, 6.45) is 3.42. The zero-order chi connectivity index (χ0) is 43.4. The number of ether oxygens (including phenoxy) is 3. The normalized spacial score (nSPS) is 13.9. The van der Waals surface area contributed by atoms with E-state index in [1.807, 2.05) is 52.0 Å². The van der Waals surface area contributed by atoms with E-state index in [-0.39, 0.29) is 27.7 Å². The average molecular weight is 860 g/mol. The Hall–Kier alpha value is -5.33. The van der Waals surface area contributed by atoms with Crippen LogP contribution in [0.25, 0.3) is 22.0 Å². The predicted octanol–water partition coefficient (Wildman–Crippen LogP) is 6.63. The van der Waals surface area contributed by atoms with Gasteiger partial charge in [0.15, 0.2) is 5.75 Å². The Kier molecular flexibility index (Phi) is 13.3. The van der Waals surface area contributed by atoms with Crippen LogP contribution >= 0.6 is 0 Å². The number of carbonyl (C=O) groups is 1. The summed E-state index contributed by atoms with van der Waals surface area (Å²) in [5, 5.41) is 6.83. The Morgan fingerprint density at radius 2 is 1.67 bits per heavy atom. The molecule has 1 aliphatic rings. The molecule has 3 N–H and O–H groups in total. The fraction of sp³-hybridized carbons (Fsp3) is 0.372. The lowest BCUT2D eigenvalue weighted by Gasteiger charge is -2.27. The number of benzene rings is 4. The molecule has 5 aromatic rings. The van der Waals surface area contributed by atoms with E-state index >= 15 is 0 Å². The number of nitrogens with one attached hydrogen (secondary N) is 3. The number of carbonyl (C=O) groups excluding carboxylic acids is 1. The molecule has 0 bridgehead atoms. The van der Waals surface area contributed by atoms with Gasteiger partial charge in [0.05, 0.1) is 55.5 Å². The van der Waals surface area contributed by atoms with Crippen molar-refractivity contribution in [1.29, 1.82) is 0 Å². The smallest absolute Gasteiger partial charge is 0.255 e. The Morgan fingerprint density at radius 3 is 2.35 bits per heavy atom. The maximum atomic E-state index is 13.8. The van der Waals surface area contributed by atoms with Gasteiger partial charge in [0, 0.05) is 61.6 Å². The van der Waals surface area contributed by atoms with Gasteiger partial charge in [-0.2, -0.15) is 0 Å². The first-order chi connectivity index (χ1) is 28.3. The van der Waals surface area contributed by atoms with Crippen LogP contribution in [0.1, 0.15) is 48.7 Å². The molecular weight excluding hydrogens is 807 g/mol. The number of rotatable bonds is 15. The molecule has 0 spiro atoms. The minimum atomic E-state index is -3.83. The second-order valence-corrected chi connectivity index (χ2v) is 19.6. The van der Waals surface area contributed by atoms with Gasteiger partial charge in [-0.25, -0.2) is 31.1 Å². The number of sulfonamides is 2. The monoisotopic (exact) mass is 859 g/mol. The summed E-state index contributed by atoms with van der Waals surface area (Å²) in [5.74, 6) is 0.409. The van der Waals surface area contributed by atoms with E-state index in [0.29, 0.717) is 54.4 Å². The molecule has 0 radical (unpaired) electrons. The van der Waals surface area contributed by atoms with Crippen molar-refractivity contribution in [3.05, 3.63) is 89.6 Å². The first kappa shape index (κ1) is 44.2. The third-order valence-electron chi connectivity index (χ3n) is 10.2. The molecule has 0 aliphatic carbocycles. The highest BCUT2D eigenvalue weighted by Crippen LogP contribution is 2.40. The maximum Gasteiger partial charge on any atom is 0.255 e. The molecule has 0 unspecified atom stereocenters. The lowest BCUT2D eigenvalue weighted by molar-refractivity contribution is 0.0370. The van der Waals surface area contributed by atoms with E-state index in [4.69, 9.17) is 19.2 Å².